The fourth-order valence-corrected chi connectivity index (χ4v) is 2.93. The Hall–Kier alpha value is -1.12. The first-order valence-corrected chi connectivity index (χ1v) is 7.08. The minimum atomic E-state index is -0.790. The van der Waals surface area contributed by atoms with Gasteiger partial charge >= 0.3 is 0 Å². The summed E-state index contributed by atoms with van der Waals surface area (Å²) in [7, 11) is 0. The van der Waals surface area contributed by atoms with E-state index in [1.54, 1.807) is 6.07 Å². The highest BCUT2D eigenvalue weighted by molar-refractivity contribution is 5.44. The van der Waals surface area contributed by atoms with E-state index in [-0.39, 0.29) is 0 Å². The van der Waals surface area contributed by atoms with Gasteiger partial charge in [-0.05, 0) is 49.1 Å². The maximum Gasteiger partial charge on any atom is 0.160 e. The Kier molecular flexibility index (Phi) is 4.12. The van der Waals surface area contributed by atoms with Gasteiger partial charge < -0.3 is 5.32 Å². The number of hydrogen-bond acceptors (Lipinski definition) is 1. The van der Waals surface area contributed by atoms with E-state index in [0.29, 0.717) is 17.1 Å². The van der Waals surface area contributed by atoms with Crippen molar-refractivity contribution in [2.45, 2.75) is 52.5 Å². The number of rotatable bonds is 2. The smallest absolute Gasteiger partial charge is 0.160 e. The van der Waals surface area contributed by atoms with E-state index >= 15 is 0 Å². The molecule has 0 bridgehead atoms. The van der Waals surface area contributed by atoms with E-state index in [2.05, 4.69) is 26.1 Å². The largest absolute Gasteiger partial charge is 0.382 e. The molecule has 106 valence electrons. The fraction of sp³-hybridized carbons (Fsp3) is 0.625. The van der Waals surface area contributed by atoms with Crippen LogP contribution in [0.25, 0.3) is 0 Å². The van der Waals surface area contributed by atoms with Crippen molar-refractivity contribution >= 4 is 5.69 Å². The van der Waals surface area contributed by atoms with Gasteiger partial charge in [-0.2, -0.15) is 0 Å². The SMILES string of the molecule is CC(C)(C)C1CCC(Nc2ccc(F)c(F)c2)CC1. The molecule has 0 unspecified atom stereocenters. The van der Waals surface area contributed by atoms with Gasteiger partial charge in [0.05, 0.1) is 0 Å². The number of anilines is 1. The van der Waals surface area contributed by atoms with Gasteiger partial charge in [-0.3, -0.25) is 0 Å². The lowest BCUT2D eigenvalue weighted by molar-refractivity contribution is 0.173. The van der Waals surface area contributed by atoms with Crippen LogP contribution in [-0.4, -0.2) is 6.04 Å². The molecule has 1 fully saturated rings. The average Bonchev–Trinajstić information content (AvgIpc) is 2.33. The van der Waals surface area contributed by atoms with Crippen molar-refractivity contribution in [3.8, 4) is 0 Å². The average molecular weight is 267 g/mol. The molecule has 0 atom stereocenters. The van der Waals surface area contributed by atoms with Crippen molar-refractivity contribution in [1.29, 1.82) is 0 Å². The van der Waals surface area contributed by atoms with Gasteiger partial charge in [0.25, 0.3) is 0 Å². The third kappa shape index (κ3) is 3.68. The second kappa shape index (κ2) is 5.48. The molecule has 0 aromatic heterocycles. The van der Waals surface area contributed by atoms with Crippen molar-refractivity contribution < 1.29 is 8.78 Å². The molecule has 1 aromatic rings. The molecule has 0 saturated heterocycles. The summed E-state index contributed by atoms with van der Waals surface area (Å²) in [6.45, 7) is 6.88. The molecule has 2 rings (SSSR count). The highest BCUT2D eigenvalue weighted by atomic mass is 19.2. The molecule has 0 radical (unpaired) electrons. The topological polar surface area (TPSA) is 12.0 Å². The molecule has 0 amide bonds. The van der Waals surface area contributed by atoms with Crippen LogP contribution in [0.15, 0.2) is 18.2 Å². The van der Waals surface area contributed by atoms with E-state index in [1.165, 1.54) is 25.0 Å². The minimum absolute atomic E-state index is 0.368. The molecule has 1 nitrogen and oxygen atoms in total. The maximum atomic E-state index is 13.1. The highest BCUT2D eigenvalue weighted by Gasteiger charge is 2.29. The van der Waals surface area contributed by atoms with Gasteiger partial charge in [0, 0.05) is 17.8 Å². The monoisotopic (exact) mass is 267 g/mol. The van der Waals surface area contributed by atoms with Crippen LogP contribution < -0.4 is 5.32 Å². The Morgan fingerprint density at radius 1 is 1.00 bits per heavy atom. The Balaban J connectivity index is 1.90. The summed E-state index contributed by atoms with van der Waals surface area (Å²) >= 11 is 0. The van der Waals surface area contributed by atoms with Gasteiger partial charge in [-0.1, -0.05) is 20.8 Å². The van der Waals surface area contributed by atoms with E-state index in [9.17, 15) is 8.78 Å². The van der Waals surface area contributed by atoms with Crippen molar-refractivity contribution in [2.75, 3.05) is 5.32 Å². The first kappa shape index (κ1) is 14.3. The van der Waals surface area contributed by atoms with Crippen LogP contribution in [0.3, 0.4) is 0 Å². The molecule has 0 aliphatic heterocycles. The van der Waals surface area contributed by atoms with E-state index in [0.717, 1.165) is 18.8 Å². The highest BCUT2D eigenvalue weighted by Crippen LogP contribution is 2.38. The van der Waals surface area contributed by atoms with Crippen LogP contribution in [0.2, 0.25) is 0 Å². The molecular weight excluding hydrogens is 244 g/mol. The summed E-state index contributed by atoms with van der Waals surface area (Å²) in [6.07, 6.45) is 4.59. The Morgan fingerprint density at radius 2 is 1.63 bits per heavy atom. The van der Waals surface area contributed by atoms with Gasteiger partial charge in [-0.15, -0.1) is 0 Å². The third-order valence-corrected chi connectivity index (χ3v) is 4.24. The van der Waals surface area contributed by atoms with Gasteiger partial charge in [0.2, 0.25) is 0 Å². The second-order valence-electron chi connectivity index (χ2n) is 6.69. The van der Waals surface area contributed by atoms with Crippen molar-refractivity contribution in [3.05, 3.63) is 29.8 Å². The summed E-state index contributed by atoms with van der Waals surface area (Å²) in [5.74, 6) is -0.814. The normalized spacial score (nSPS) is 24.3. The van der Waals surface area contributed by atoms with Crippen LogP contribution in [0.5, 0.6) is 0 Å². The van der Waals surface area contributed by atoms with Crippen LogP contribution >= 0.6 is 0 Å². The van der Waals surface area contributed by atoms with Crippen molar-refractivity contribution in [3.63, 3.8) is 0 Å². The van der Waals surface area contributed by atoms with E-state index < -0.39 is 11.6 Å². The van der Waals surface area contributed by atoms with Crippen molar-refractivity contribution in [2.24, 2.45) is 11.3 Å². The van der Waals surface area contributed by atoms with Crippen molar-refractivity contribution in [1.82, 2.24) is 0 Å². The summed E-state index contributed by atoms with van der Waals surface area (Å²) in [6, 6.07) is 4.40. The van der Waals surface area contributed by atoms with Crippen LogP contribution in [0, 0.1) is 23.0 Å². The van der Waals surface area contributed by atoms with Gasteiger partial charge in [-0.25, -0.2) is 8.78 Å². The molecule has 1 saturated carbocycles. The standard InChI is InChI=1S/C16H23F2N/c1-16(2,3)11-4-6-12(7-5-11)19-13-8-9-14(17)15(18)10-13/h8-12,19H,4-7H2,1-3H3. The van der Waals surface area contributed by atoms with Crippen LogP contribution in [0.1, 0.15) is 46.5 Å². The maximum absolute atomic E-state index is 13.1. The summed E-state index contributed by atoms with van der Waals surface area (Å²) < 4.78 is 26.0. The quantitative estimate of drug-likeness (QED) is 0.796. The molecule has 1 N–H and O–H groups in total. The Morgan fingerprint density at radius 3 is 2.16 bits per heavy atom. The molecule has 3 heteroatoms. The fourth-order valence-electron chi connectivity index (χ4n) is 2.93. The molecule has 1 aromatic carbocycles. The number of benzene rings is 1. The molecule has 1 aliphatic rings. The molecule has 0 heterocycles. The zero-order valence-electron chi connectivity index (χ0n) is 12.0. The first-order chi connectivity index (χ1) is 8.86. The van der Waals surface area contributed by atoms with Gasteiger partial charge in [0.1, 0.15) is 0 Å². The Labute approximate surface area is 114 Å². The Bertz CT molecular complexity index is 429. The van der Waals surface area contributed by atoms with E-state index in [4.69, 9.17) is 0 Å². The predicted octanol–water partition coefficient (Wildman–Crippen LogP) is 4.98. The summed E-state index contributed by atoms with van der Waals surface area (Å²) in [4.78, 5) is 0. The number of nitrogens with one attached hydrogen (secondary N) is 1. The first-order valence-electron chi connectivity index (χ1n) is 7.08. The van der Waals surface area contributed by atoms with Crippen LogP contribution in [-0.2, 0) is 0 Å². The predicted molar refractivity (Wildman–Crippen MR) is 75.2 cm³/mol. The van der Waals surface area contributed by atoms with E-state index in [1.807, 2.05) is 0 Å². The number of halogens is 2. The summed E-state index contributed by atoms with van der Waals surface area (Å²) in [5, 5.41) is 3.31. The lowest BCUT2D eigenvalue weighted by atomic mass is 9.71. The lowest BCUT2D eigenvalue weighted by Crippen LogP contribution is -2.31. The zero-order valence-corrected chi connectivity index (χ0v) is 12.0. The summed E-state index contributed by atoms with van der Waals surface area (Å²) in [5.41, 5.74) is 1.05. The molecule has 1 aliphatic carbocycles. The third-order valence-electron chi connectivity index (χ3n) is 4.24. The molecule has 0 spiro atoms. The second-order valence-corrected chi connectivity index (χ2v) is 6.69. The number of hydrogen-bond donors (Lipinski definition) is 1. The minimum Gasteiger partial charge on any atom is -0.382 e. The zero-order chi connectivity index (χ0) is 14.0. The lowest BCUT2D eigenvalue weighted by Gasteiger charge is -2.37. The van der Waals surface area contributed by atoms with Gasteiger partial charge in [0.15, 0.2) is 11.6 Å². The molecule has 19 heavy (non-hydrogen) atoms. The van der Waals surface area contributed by atoms with Crippen LogP contribution in [0.4, 0.5) is 14.5 Å². The molecular formula is C16H23F2N.